The van der Waals surface area contributed by atoms with Crippen LogP contribution in [0.3, 0.4) is 0 Å². The fraction of sp³-hybridized carbons (Fsp3) is 0.515. The van der Waals surface area contributed by atoms with Crippen LogP contribution in [0.25, 0.3) is 0 Å². The van der Waals surface area contributed by atoms with E-state index in [-0.39, 0.29) is 81.2 Å². The summed E-state index contributed by atoms with van der Waals surface area (Å²) in [5.74, 6) is 1.15. The Kier molecular flexibility index (Phi) is 12.1. The average Bonchev–Trinajstić information content (AvgIpc) is 3.58. The topological polar surface area (TPSA) is 115 Å². The van der Waals surface area contributed by atoms with Crippen LogP contribution >= 0.6 is 23.2 Å². The molecule has 1 fully saturated rings. The second kappa shape index (κ2) is 15.0. The van der Waals surface area contributed by atoms with Gasteiger partial charge in [-0.2, -0.15) is 0 Å². The van der Waals surface area contributed by atoms with Crippen LogP contribution in [0.4, 0.5) is 0 Å². The van der Waals surface area contributed by atoms with Crippen molar-refractivity contribution >= 4 is 40.7 Å². The zero-order valence-corrected chi connectivity index (χ0v) is 31.6. The van der Waals surface area contributed by atoms with Crippen LogP contribution in [0, 0.1) is 17.3 Å². The average molecular weight is 677 g/mol. The van der Waals surface area contributed by atoms with Gasteiger partial charge in [0.2, 0.25) is 0 Å². The fourth-order valence-corrected chi connectivity index (χ4v) is 6.94. The second-order valence-corrected chi connectivity index (χ2v) is 14.4. The molecule has 1 aliphatic carbocycles. The van der Waals surface area contributed by atoms with Crippen LogP contribution in [0.2, 0.25) is 10.0 Å². The van der Waals surface area contributed by atoms with Crippen molar-refractivity contribution in [3.05, 3.63) is 75.0 Å². The molecule has 2 aromatic carbocycles. The molecule has 1 aromatic heterocycles. The number of aromatic nitrogens is 4. The standard InChI is InChI=1S/C33H41Cl2N7O2.K/c1-20(2)21-10-14-33(15-11-21)37-29(24-16-25(34)18-26(35)17-24)31(44)42(33)27(12-13-32(3,4)5)22-6-8-23(9-7-22)30(43)36-19-28-38-40-41-39-28;/h6-9,16-18,20-21,27H,10-15,19H2,1-5H3,(H2,36,38,39,40,41,43);/q;+1/p-1/t21?,27-,33?;/m1./s1. The SMILES string of the molecule is CC(C)C1CCC2(CC1)N=C(c1cc(Cl)cc(Cl)c1)C(=O)N2[C@H](CCC(C)(C)C)c1ccc(C(=O)NCc2nn[n-]n2)cc1.[K+]. The molecule has 3 aromatic rings. The van der Waals surface area contributed by atoms with Gasteiger partial charge in [0.15, 0.2) is 0 Å². The number of nitrogens with zero attached hydrogens (tertiary/aromatic N) is 6. The zero-order chi connectivity index (χ0) is 31.6. The number of hydrogen-bond donors (Lipinski definition) is 1. The summed E-state index contributed by atoms with van der Waals surface area (Å²) in [6, 6.07) is 12.5. The minimum atomic E-state index is -0.660. The van der Waals surface area contributed by atoms with Crippen LogP contribution in [-0.2, 0) is 11.3 Å². The maximum absolute atomic E-state index is 14.6. The Morgan fingerprint density at radius 1 is 1.09 bits per heavy atom. The van der Waals surface area contributed by atoms with Gasteiger partial charge < -0.3 is 15.3 Å². The van der Waals surface area contributed by atoms with Crippen molar-refractivity contribution in [1.29, 1.82) is 0 Å². The van der Waals surface area contributed by atoms with E-state index in [0.717, 1.165) is 44.1 Å². The number of rotatable bonds is 9. The van der Waals surface area contributed by atoms with Gasteiger partial charge in [0.25, 0.3) is 11.8 Å². The molecule has 2 aliphatic rings. The van der Waals surface area contributed by atoms with Crippen molar-refractivity contribution in [1.82, 2.24) is 30.8 Å². The number of aliphatic imine (C=N–C) groups is 1. The van der Waals surface area contributed by atoms with Crippen molar-refractivity contribution in [2.24, 2.45) is 22.2 Å². The maximum atomic E-state index is 14.6. The molecule has 0 unspecified atom stereocenters. The number of hydrogen-bond acceptors (Lipinski definition) is 6. The van der Waals surface area contributed by atoms with Gasteiger partial charge in [0.1, 0.15) is 11.4 Å². The van der Waals surface area contributed by atoms with Crippen LogP contribution in [0.15, 0.2) is 47.5 Å². The van der Waals surface area contributed by atoms with Gasteiger partial charge in [-0.05, 0) is 91.7 Å². The van der Waals surface area contributed by atoms with Crippen molar-refractivity contribution in [2.75, 3.05) is 0 Å². The molecule has 0 saturated heterocycles. The van der Waals surface area contributed by atoms with Crippen molar-refractivity contribution in [3.63, 3.8) is 0 Å². The van der Waals surface area contributed by atoms with Crippen LogP contribution < -0.4 is 61.9 Å². The largest absolute Gasteiger partial charge is 1.00 e. The molecule has 1 saturated carbocycles. The molecular weight excluding hydrogens is 636 g/mol. The summed E-state index contributed by atoms with van der Waals surface area (Å²) in [6.45, 7) is 11.3. The smallest absolute Gasteiger partial charge is 0.347 e. The van der Waals surface area contributed by atoms with Gasteiger partial charge in [-0.3, -0.25) is 25.0 Å². The number of carbonyl (C=O) groups excluding carboxylic acids is 2. The molecule has 0 radical (unpaired) electrons. The fourth-order valence-electron chi connectivity index (χ4n) is 6.41. The first kappa shape index (κ1) is 36.2. The van der Waals surface area contributed by atoms with Crippen LogP contribution in [-0.4, -0.2) is 43.5 Å². The van der Waals surface area contributed by atoms with E-state index in [1.807, 2.05) is 17.0 Å². The Hall–Kier alpha value is -1.66. The van der Waals surface area contributed by atoms with Crippen molar-refractivity contribution in [3.8, 4) is 0 Å². The first-order valence-corrected chi connectivity index (χ1v) is 16.1. The third-order valence-electron chi connectivity index (χ3n) is 8.90. The number of halogens is 2. The number of benzene rings is 2. The molecule has 234 valence electrons. The summed E-state index contributed by atoms with van der Waals surface area (Å²) in [5, 5.41) is 18.1. The third kappa shape index (κ3) is 8.63. The number of amides is 2. The molecule has 0 bridgehead atoms. The monoisotopic (exact) mass is 675 g/mol. The number of tetrazole rings is 1. The molecule has 45 heavy (non-hydrogen) atoms. The quantitative estimate of drug-likeness (QED) is 0.345. The molecule has 2 amide bonds. The Morgan fingerprint density at radius 3 is 2.29 bits per heavy atom. The Labute approximate surface area is 318 Å². The molecule has 1 spiro atoms. The summed E-state index contributed by atoms with van der Waals surface area (Å²) in [5.41, 5.74) is 1.92. The van der Waals surface area contributed by atoms with Gasteiger partial charge in [-0.25, -0.2) is 5.10 Å². The van der Waals surface area contributed by atoms with E-state index in [1.165, 1.54) is 0 Å². The van der Waals surface area contributed by atoms with E-state index < -0.39 is 5.66 Å². The third-order valence-corrected chi connectivity index (χ3v) is 9.34. The molecule has 1 atom stereocenters. The molecule has 1 N–H and O–H groups in total. The molecule has 12 heteroatoms. The predicted molar refractivity (Wildman–Crippen MR) is 172 cm³/mol. The molecule has 1 aliphatic heterocycles. The van der Waals surface area contributed by atoms with Gasteiger partial charge in [0.05, 0.1) is 18.4 Å². The van der Waals surface area contributed by atoms with E-state index in [0.29, 0.717) is 44.5 Å². The van der Waals surface area contributed by atoms with E-state index in [4.69, 9.17) is 28.2 Å². The summed E-state index contributed by atoms with van der Waals surface area (Å²) < 4.78 is 0. The first-order valence-electron chi connectivity index (χ1n) is 15.3. The van der Waals surface area contributed by atoms with Crippen molar-refractivity contribution in [2.45, 2.75) is 91.4 Å². The van der Waals surface area contributed by atoms with Gasteiger partial charge in [-0.15, -0.1) is 0 Å². The Balaban J connectivity index is 0.00000461. The first-order chi connectivity index (χ1) is 20.8. The number of nitrogens with one attached hydrogen (secondary N) is 1. The summed E-state index contributed by atoms with van der Waals surface area (Å²) in [6.07, 6.45) is 5.23. The van der Waals surface area contributed by atoms with Crippen LogP contribution in [0.1, 0.15) is 106 Å². The van der Waals surface area contributed by atoms with Gasteiger partial charge in [0, 0.05) is 21.2 Å². The minimum Gasteiger partial charge on any atom is -0.347 e. The Morgan fingerprint density at radius 2 is 1.73 bits per heavy atom. The van der Waals surface area contributed by atoms with Gasteiger partial charge in [-0.1, -0.05) is 70.0 Å². The zero-order valence-electron chi connectivity index (χ0n) is 27.0. The summed E-state index contributed by atoms with van der Waals surface area (Å²) >= 11 is 12.8. The van der Waals surface area contributed by atoms with E-state index >= 15 is 0 Å². The molecule has 2 heterocycles. The number of carbonyl (C=O) groups is 2. The van der Waals surface area contributed by atoms with Gasteiger partial charge >= 0.3 is 51.4 Å². The van der Waals surface area contributed by atoms with E-state index in [2.05, 4.69) is 60.6 Å². The minimum absolute atomic E-state index is 0. The van der Waals surface area contributed by atoms with Crippen molar-refractivity contribution < 1.29 is 61.0 Å². The second-order valence-electron chi connectivity index (χ2n) is 13.6. The normalized spacial score (nSPS) is 20.7. The molecular formula is C33H40Cl2KN7O2. The van der Waals surface area contributed by atoms with E-state index in [9.17, 15) is 9.59 Å². The van der Waals surface area contributed by atoms with E-state index in [1.54, 1.807) is 30.3 Å². The maximum Gasteiger partial charge on any atom is 1.00 e. The van der Waals surface area contributed by atoms with Crippen LogP contribution in [0.5, 0.6) is 0 Å². The molecule has 9 nitrogen and oxygen atoms in total. The summed E-state index contributed by atoms with van der Waals surface area (Å²) in [4.78, 5) is 34.7. The Bertz CT molecular complexity index is 1490. The summed E-state index contributed by atoms with van der Waals surface area (Å²) in [7, 11) is 0. The predicted octanol–water partition coefficient (Wildman–Crippen LogP) is 3.81. The molecule has 5 rings (SSSR count).